The first-order chi connectivity index (χ1) is 9.19. The molecule has 0 bridgehead atoms. The predicted octanol–water partition coefficient (Wildman–Crippen LogP) is 0.964. The van der Waals surface area contributed by atoms with Crippen molar-refractivity contribution in [2.45, 2.75) is 38.2 Å². The maximum absolute atomic E-state index is 11.9. The maximum atomic E-state index is 11.9. The molecule has 0 spiro atoms. The van der Waals surface area contributed by atoms with Gasteiger partial charge in [0.15, 0.2) is 0 Å². The fourth-order valence-corrected chi connectivity index (χ4v) is 3.33. The van der Waals surface area contributed by atoms with E-state index in [1.165, 1.54) is 18.2 Å². The molecule has 1 aromatic carbocycles. The molecular formula is C13H19NO5S. The van der Waals surface area contributed by atoms with Gasteiger partial charge in [-0.05, 0) is 38.0 Å². The van der Waals surface area contributed by atoms with Gasteiger partial charge in [-0.25, -0.2) is 17.9 Å². The molecule has 0 aliphatic rings. The molecule has 1 rings (SSSR count). The van der Waals surface area contributed by atoms with Crippen LogP contribution in [-0.4, -0.2) is 36.7 Å². The Morgan fingerprint density at radius 3 is 2.55 bits per heavy atom. The minimum absolute atomic E-state index is 0.0507. The number of carboxylic acids is 1. The van der Waals surface area contributed by atoms with Crippen molar-refractivity contribution in [2.75, 3.05) is 0 Å². The average molecular weight is 301 g/mol. The van der Waals surface area contributed by atoms with Crippen molar-refractivity contribution in [1.82, 2.24) is 4.72 Å². The van der Waals surface area contributed by atoms with E-state index in [2.05, 4.69) is 4.72 Å². The lowest BCUT2D eigenvalue weighted by Gasteiger charge is -2.15. The maximum Gasteiger partial charge on any atom is 0.335 e. The summed E-state index contributed by atoms with van der Waals surface area (Å²) in [6.45, 7) is 3.25. The second kappa shape index (κ2) is 6.83. The number of hydrogen-bond acceptors (Lipinski definition) is 4. The molecule has 0 heterocycles. The van der Waals surface area contributed by atoms with Crippen molar-refractivity contribution < 1.29 is 23.4 Å². The Labute approximate surface area is 118 Å². The largest absolute Gasteiger partial charge is 0.478 e. The molecule has 2 unspecified atom stereocenters. The van der Waals surface area contributed by atoms with E-state index in [1.807, 2.05) is 0 Å². The molecule has 7 heteroatoms. The average Bonchev–Trinajstić information content (AvgIpc) is 2.26. The first kappa shape index (κ1) is 16.6. The lowest BCUT2D eigenvalue weighted by Crippen LogP contribution is -2.35. The molecular weight excluding hydrogens is 282 g/mol. The van der Waals surface area contributed by atoms with Crippen molar-refractivity contribution in [3.8, 4) is 0 Å². The molecule has 3 N–H and O–H groups in total. The second-order valence-electron chi connectivity index (χ2n) is 4.87. The molecule has 6 nitrogen and oxygen atoms in total. The van der Waals surface area contributed by atoms with Crippen LogP contribution >= 0.6 is 0 Å². The van der Waals surface area contributed by atoms with Gasteiger partial charge in [0.2, 0.25) is 10.0 Å². The van der Waals surface area contributed by atoms with Crippen molar-refractivity contribution in [3.63, 3.8) is 0 Å². The van der Waals surface area contributed by atoms with Crippen molar-refractivity contribution in [3.05, 3.63) is 35.4 Å². The van der Waals surface area contributed by atoms with E-state index in [9.17, 15) is 18.3 Å². The Morgan fingerprint density at radius 2 is 2.00 bits per heavy atom. The minimum Gasteiger partial charge on any atom is -0.478 e. The van der Waals surface area contributed by atoms with Gasteiger partial charge in [-0.2, -0.15) is 0 Å². The summed E-state index contributed by atoms with van der Waals surface area (Å²) in [7, 11) is -3.58. The number of aliphatic hydroxyl groups is 1. The lowest BCUT2D eigenvalue weighted by atomic mass is 10.1. The molecule has 112 valence electrons. The van der Waals surface area contributed by atoms with Crippen LogP contribution in [0.5, 0.6) is 0 Å². The van der Waals surface area contributed by atoms with Crippen LogP contribution in [0.2, 0.25) is 0 Å². The molecule has 0 saturated heterocycles. The number of hydrogen-bond donors (Lipinski definition) is 3. The summed E-state index contributed by atoms with van der Waals surface area (Å²) in [4.78, 5) is 10.8. The molecule has 0 amide bonds. The summed E-state index contributed by atoms with van der Waals surface area (Å²) >= 11 is 0. The van der Waals surface area contributed by atoms with Gasteiger partial charge in [-0.15, -0.1) is 0 Å². The van der Waals surface area contributed by atoms with Crippen LogP contribution in [0.25, 0.3) is 0 Å². The Hall–Kier alpha value is -1.44. The monoisotopic (exact) mass is 301 g/mol. The number of carboxylic acid groups (broad SMARTS) is 1. The topological polar surface area (TPSA) is 104 Å². The normalized spacial score (nSPS) is 14.8. The molecule has 2 atom stereocenters. The molecule has 1 aromatic rings. The van der Waals surface area contributed by atoms with Crippen LogP contribution in [0.15, 0.2) is 24.3 Å². The van der Waals surface area contributed by atoms with Gasteiger partial charge in [-0.1, -0.05) is 12.1 Å². The third-order valence-corrected chi connectivity index (χ3v) is 4.08. The number of sulfonamides is 1. The van der Waals surface area contributed by atoms with Crippen LogP contribution in [0.3, 0.4) is 0 Å². The number of carbonyl (C=O) groups is 1. The molecule has 0 radical (unpaired) electrons. The quantitative estimate of drug-likeness (QED) is 0.696. The summed E-state index contributed by atoms with van der Waals surface area (Å²) in [5.74, 6) is -1.39. The van der Waals surface area contributed by atoms with Crippen molar-refractivity contribution in [1.29, 1.82) is 0 Å². The minimum atomic E-state index is -3.58. The zero-order valence-electron chi connectivity index (χ0n) is 11.4. The summed E-state index contributed by atoms with van der Waals surface area (Å²) in [5.41, 5.74) is 0.455. The van der Waals surface area contributed by atoms with Crippen molar-refractivity contribution >= 4 is 16.0 Å². The van der Waals surface area contributed by atoms with Gasteiger partial charge in [0, 0.05) is 6.04 Å². The summed E-state index contributed by atoms with van der Waals surface area (Å²) < 4.78 is 26.3. The van der Waals surface area contributed by atoms with E-state index >= 15 is 0 Å². The van der Waals surface area contributed by atoms with Crippen LogP contribution < -0.4 is 4.72 Å². The van der Waals surface area contributed by atoms with Gasteiger partial charge >= 0.3 is 5.97 Å². The highest BCUT2D eigenvalue weighted by Crippen LogP contribution is 2.10. The highest BCUT2D eigenvalue weighted by Gasteiger charge is 2.17. The zero-order valence-corrected chi connectivity index (χ0v) is 12.2. The first-order valence-electron chi connectivity index (χ1n) is 6.20. The summed E-state index contributed by atoms with van der Waals surface area (Å²) in [6, 6.07) is 5.42. The van der Waals surface area contributed by atoms with E-state index in [-0.39, 0.29) is 17.4 Å². The van der Waals surface area contributed by atoms with Gasteiger partial charge in [-0.3, -0.25) is 0 Å². The molecule has 20 heavy (non-hydrogen) atoms. The van der Waals surface area contributed by atoms with Gasteiger partial charge in [0.05, 0.1) is 17.4 Å². The smallest absolute Gasteiger partial charge is 0.335 e. The molecule has 0 aromatic heterocycles. The standard InChI is InChI=1S/C13H19NO5S/c1-9(6-10(2)15)14-20(18,19)8-11-4-3-5-12(7-11)13(16)17/h3-5,7,9-10,14-15H,6,8H2,1-2H3,(H,16,17). The summed E-state index contributed by atoms with van der Waals surface area (Å²) in [6.07, 6.45) is -0.281. The Balaban J connectivity index is 2.76. The Morgan fingerprint density at radius 1 is 1.35 bits per heavy atom. The predicted molar refractivity (Wildman–Crippen MR) is 74.9 cm³/mol. The lowest BCUT2D eigenvalue weighted by molar-refractivity contribution is 0.0696. The third-order valence-electron chi connectivity index (χ3n) is 2.61. The van der Waals surface area contributed by atoms with Gasteiger partial charge in [0.1, 0.15) is 0 Å². The first-order valence-corrected chi connectivity index (χ1v) is 7.85. The molecule has 0 aliphatic carbocycles. The Bertz CT molecular complexity index is 568. The number of aliphatic hydroxyl groups excluding tert-OH is 1. The molecule has 0 fully saturated rings. The Kier molecular flexibility index (Phi) is 5.67. The highest BCUT2D eigenvalue weighted by molar-refractivity contribution is 7.88. The number of benzene rings is 1. The number of rotatable bonds is 7. The van der Waals surface area contributed by atoms with Gasteiger partial charge < -0.3 is 10.2 Å². The van der Waals surface area contributed by atoms with Crippen LogP contribution in [0.4, 0.5) is 0 Å². The second-order valence-corrected chi connectivity index (χ2v) is 6.62. The van der Waals surface area contributed by atoms with Crippen molar-refractivity contribution in [2.24, 2.45) is 0 Å². The fraction of sp³-hybridized carbons (Fsp3) is 0.462. The van der Waals surface area contributed by atoms with Crippen LogP contribution in [0.1, 0.15) is 36.2 Å². The zero-order chi connectivity index (χ0) is 15.3. The molecule has 0 saturated carbocycles. The summed E-state index contributed by atoms with van der Waals surface area (Å²) in [5, 5.41) is 18.1. The van der Waals surface area contributed by atoms with E-state index in [0.717, 1.165) is 0 Å². The van der Waals surface area contributed by atoms with E-state index < -0.39 is 22.1 Å². The van der Waals surface area contributed by atoms with Gasteiger partial charge in [0.25, 0.3) is 0 Å². The fourth-order valence-electron chi connectivity index (χ4n) is 1.92. The third kappa shape index (κ3) is 5.68. The number of nitrogens with one attached hydrogen (secondary N) is 1. The van der Waals surface area contributed by atoms with E-state index in [1.54, 1.807) is 19.9 Å². The molecule has 0 aliphatic heterocycles. The van der Waals surface area contributed by atoms with E-state index in [4.69, 9.17) is 5.11 Å². The highest BCUT2D eigenvalue weighted by atomic mass is 32.2. The van der Waals surface area contributed by atoms with Crippen LogP contribution in [0, 0.1) is 0 Å². The van der Waals surface area contributed by atoms with E-state index in [0.29, 0.717) is 12.0 Å². The SMILES string of the molecule is CC(O)CC(C)NS(=O)(=O)Cc1cccc(C(=O)O)c1. The number of aromatic carboxylic acids is 1. The van der Waals surface area contributed by atoms with Crippen LogP contribution in [-0.2, 0) is 15.8 Å².